The van der Waals surface area contributed by atoms with E-state index >= 15 is 0 Å². The maximum atomic E-state index is 12.3. The van der Waals surface area contributed by atoms with E-state index in [1.165, 1.54) is 6.20 Å². The molecule has 3 rings (SSSR count). The standard InChI is InChI=1S/C13H13N3O4/c17-9-5-1-4-8(11(18)15-9)16-12(19)7-3-2-6-14-10(7)13(16)20/h2-3,6,8,13,20H,1,4-5H2,(H,15,17,18)/t8-,13?/m0/s1. The molecule has 1 aromatic heterocycles. The number of imide groups is 1. The number of nitrogens with zero attached hydrogens (tertiary/aromatic N) is 2. The normalized spacial score (nSPS) is 26.2. The predicted molar refractivity (Wildman–Crippen MR) is 66.2 cm³/mol. The molecule has 20 heavy (non-hydrogen) atoms. The highest BCUT2D eigenvalue weighted by molar-refractivity contribution is 6.04. The van der Waals surface area contributed by atoms with Gasteiger partial charge in [-0.3, -0.25) is 29.6 Å². The lowest BCUT2D eigenvalue weighted by Crippen LogP contribution is -2.48. The minimum Gasteiger partial charge on any atom is -0.368 e. The third-order valence-electron chi connectivity index (χ3n) is 3.59. The average molecular weight is 275 g/mol. The minimum absolute atomic E-state index is 0.242. The third-order valence-corrected chi connectivity index (χ3v) is 3.59. The lowest BCUT2D eigenvalue weighted by atomic mass is 10.1. The van der Waals surface area contributed by atoms with Crippen LogP contribution in [0.15, 0.2) is 18.3 Å². The van der Waals surface area contributed by atoms with Crippen LogP contribution in [0.2, 0.25) is 0 Å². The van der Waals surface area contributed by atoms with Crippen LogP contribution in [-0.4, -0.2) is 38.8 Å². The summed E-state index contributed by atoms with van der Waals surface area (Å²) in [5.41, 5.74) is 0.546. The van der Waals surface area contributed by atoms with Gasteiger partial charge in [-0.25, -0.2) is 0 Å². The Labute approximate surface area is 114 Å². The predicted octanol–water partition coefficient (Wildman–Crippen LogP) is -0.276. The Morgan fingerprint density at radius 2 is 2.15 bits per heavy atom. The van der Waals surface area contributed by atoms with Crippen LogP contribution in [0.25, 0.3) is 0 Å². The average Bonchev–Trinajstić information content (AvgIpc) is 2.57. The van der Waals surface area contributed by atoms with Crippen molar-refractivity contribution in [2.75, 3.05) is 0 Å². The zero-order valence-electron chi connectivity index (χ0n) is 10.6. The van der Waals surface area contributed by atoms with Crippen LogP contribution in [0.4, 0.5) is 0 Å². The van der Waals surface area contributed by atoms with E-state index < -0.39 is 24.1 Å². The summed E-state index contributed by atoms with van der Waals surface area (Å²) in [6.45, 7) is 0. The van der Waals surface area contributed by atoms with Gasteiger partial charge in [0.05, 0.1) is 5.56 Å². The first-order valence-corrected chi connectivity index (χ1v) is 6.39. The van der Waals surface area contributed by atoms with Crippen molar-refractivity contribution in [3.63, 3.8) is 0 Å². The number of amides is 3. The number of aliphatic hydroxyl groups is 1. The maximum absolute atomic E-state index is 12.3. The molecule has 1 saturated heterocycles. The molecule has 3 amide bonds. The molecule has 1 fully saturated rings. The Morgan fingerprint density at radius 3 is 2.90 bits per heavy atom. The summed E-state index contributed by atoms with van der Waals surface area (Å²) in [4.78, 5) is 40.7. The lowest BCUT2D eigenvalue weighted by molar-refractivity contribution is -0.134. The van der Waals surface area contributed by atoms with Crippen molar-refractivity contribution in [3.8, 4) is 0 Å². The van der Waals surface area contributed by atoms with Crippen molar-refractivity contribution in [3.05, 3.63) is 29.6 Å². The second-order valence-corrected chi connectivity index (χ2v) is 4.84. The molecule has 104 valence electrons. The highest BCUT2D eigenvalue weighted by Gasteiger charge is 2.44. The molecular weight excluding hydrogens is 262 g/mol. The first kappa shape index (κ1) is 12.7. The van der Waals surface area contributed by atoms with Gasteiger partial charge in [-0.1, -0.05) is 0 Å². The largest absolute Gasteiger partial charge is 0.368 e. The van der Waals surface area contributed by atoms with Crippen LogP contribution in [-0.2, 0) is 9.59 Å². The molecule has 0 spiro atoms. The summed E-state index contributed by atoms with van der Waals surface area (Å²) >= 11 is 0. The summed E-state index contributed by atoms with van der Waals surface area (Å²) < 4.78 is 0. The number of carbonyl (C=O) groups excluding carboxylic acids is 3. The number of rotatable bonds is 1. The topological polar surface area (TPSA) is 99.6 Å². The van der Waals surface area contributed by atoms with E-state index in [0.717, 1.165) is 4.90 Å². The molecule has 0 radical (unpaired) electrons. The number of hydrogen-bond acceptors (Lipinski definition) is 5. The highest BCUT2D eigenvalue weighted by atomic mass is 16.3. The summed E-state index contributed by atoms with van der Waals surface area (Å²) in [6.07, 6.45) is 1.31. The van der Waals surface area contributed by atoms with Gasteiger partial charge in [-0.2, -0.15) is 0 Å². The van der Waals surface area contributed by atoms with Crippen molar-refractivity contribution < 1.29 is 19.5 Å². The number of hydrogen-bond donors (Lipinski definition) is 2. The van der Waals surface area contributed by atoms with E-state index in [4.69, 9.17) is 0 Å². The van der Waals surface area contributed by atoms with Crippen molar-refractivity contribution in [1.82, 2.24) is 15.2 Å². The molecule has 7 heteroatoms. The Bertz CT molecular complexity index is 601. The monoisotopic (exact) mass is 275 g/mol. The van der Waals surface area contributed by atoms with E-state index in [2.05, 4.69) is 10.3 Å². The molecule has 2 aliphatic heterocycles. The number of aliphatic hydroxyl groups excluding tert-OH is 1. The van der Waals surface area contributed by atoms with Crippen molar-refractivity contribution in [2.45, 2.75) is 31.5 Å². The molecule has 0 aliphatic carbocycles. The summed E-state index contributed by atoms with van der Waals surface area (Å²) in [5.74, 6) is -1.34. The second kappa shape index (κ2) is 4.68. The summed E-state index contributed by atoms with van der Waals surface area (Å²) in [5, 5.41) is 12.5. The molecule has 1 aromatic rings. The SMILES string of the molecule is O=C1CCC[C@H](N2C(=O)c3cccnc3C2O)C(=O)N1. The van der Waals surface area contributed by atoms with Gasteiger partial charge < -0.3 is 5.11 Å². The van der Waals surface area contributed by atoms with Crippen LogP contribution in [0.3, 0.4) is 0 Å². The number of pyridine rings is 1. The molecule has 7 nitrogen and oxygen atoms in total. The van der Waals surface area contributed by atoms with Gasteiger partial charge in [0.15, 0.2) is 6.23 Å². The van der Waals surface area contributed by atoms with Crippen molar-refractivity contribution in [1.29, 1.82) is 0 Å². The molecular formula is C13H13N3O4. The van der Waals surface area contributed by atoms with E-state index in [0.29, 0.717) is 18.4 Å². The minimum atomic E-state index is -1.25. The third kappa shape index (κ3) is 1.87. The lowest BCUT2D eigenvalue weighted by Gasteiger charge is -2.27. The molecule has 1 unspecified atom stereocenters. The van der Waals surface area contributed by atoms with Gasteiger partial charge in [0.2, 0.25) is 11.8 Å². The zero-order valence-corrected chi connectivity index (χ0v) is 10.6. The van der Waals surface area contributed by atoms with Crippen molar-refractivity contribution >= 4 is 17.7 Å². The van der Waals surface area contributed by atoms with Gasteiger partial charge in [0.25, 0.3) is 5.91 Å². The molecule has 2 atom stereocenters. The van der Waals surface area contributed by atoms with E-state index in [1.807, 2.05) is 0 Å². The summed E-state index contributed by atoms with van der Waals surface area (Å²) in [7, 11) is 0. The van der Waals surface area contributed by atoms with Gasteiger partial charge in [0, 0.05) is 12.6 Å². The first-order chi connectivity index (χ1) is 9.59. The van der Waals surface area contributed by atoms with Crippen LogP contribution in [0.1, 0.15) is 41.5 Å². The Hall–Kier alpha value is -2.28. The van der Waals surface area contributed by atoms with Crippen LogP contribution >= 0.6 is 0 Å². The Kier molecular flexibility index (Phi) is 2.98. The highest BCUT2D eigenvalue weighted by Crippen LogP contribution is 2.33. The Balaban J connectivity index is 1.94. The van der Waals surface area contributed by atoms with Gasteiger partial charge in [-0.05, 0) is 25.0 Å². The Morgan fingerprint density at radius 1 is 1.35 bits per heavy atom. The summed E-state index contributed by atoms with van der Waals surface area (Å²) in [6, 6.07) is 2.32. The molecule has 2 aliphatic rings. The van der Waals surface area contributed by atoms with Crippen LogP contribution in [0.5, 0.6) is 0 Å². The number of aromatic nitrogens is 1. The van der Waals surface area contributed by atoms with Crippen LogP contribution < -0.4 is 5.32 Å². The molecule has 2 N–H and O–H groups in total. The molecule has 3 heterocycles. The van der Waals surface area contributed by atoms with Gasteiger partial charge >= 0.3 is 0 Å². The fourth-order valence-corrected chi connectivity index (χ4v) is 2.63. The fourth-order valence-electron chi connectivity index (χ4n) is 2.63. The number of fused-ring (bicyclic) bond motifs is 1. The van der Waals surface area contributed by atoms with Gasteiger partial charge in [-0.15, -0.1) is 0 Å². The quantitative estimate of drug-likeness (QED) is 0.687. The number of nitrogens with one attached hydrogen (secondary N) is 1. The van der Waals surface area contributed by atoms with E-state index in [9.17, 15) is 19.5 Å². The first-order valence-electron chi connectivity index (χ1n) is 6.39. The van der Waals surface area contributed by atoms with E-state index in [1.54, 1.807) is 12.1 Å². The second-order valence-electron chi connectivity index (χ2n) is 4.84. The van der Waals surface area contributed by atoms with Crippen molar-refractivity contribution in [2.24, 2.45) is 0 Å². The van der Waals surface area contributed by atoms with Crippen LogP contribution in [0, 0.1) is 0 Å². The molecule has 0 bridgehead atoms. The molecule has 0 saturated carbocycles. The maximum Gasteiger partial charge on any atom is 0.258 e. The number of carbonyl (C=O) groups is 3. The zero-order chi connectivity index (χ0) is 14.3. The molecule has 0 aromatic carbocycles. The van der Waals surface area contributed by atoms with E-state index in [-0.39, 0.29) is 18.0 Å². The van der Waals surface area contributed by atoms with Gasteiger partial charge in [0.1, 0.15) is 11.7 Å². The smallest absolute Gasteiger partial charge is 0.258 e. The fraction of sp³-hybridized carbons (Fsp3) is 0.385.